The number of aromatic nitrogens is 2. The third kappa shape index (κ3) is 3.92. The number of carbonyl (C=O) groups is 2. The Hall–Kier alpha value is -2.49. The standard InChI is InChI=1S/C20H27N5O4.ClH/c1-5-24(20(27)28)16-10-12(2)25(4,13(3)26)17-7-6-14(11-15(16)17)19-22-18(8-9-21)23-29-19;/h6-7,11-12,16H,5,8-10,21H2,1-4H3;1H/t12-,16+,25?;/m0./s1. The molecule has 0 fully saturated rings. The van der Waals surface area contributed by atoms with Crippen LogP contribution in [0.25, 0.3) is 11.5 Å². The van der Waals surface area contributed by atoms with Gasteiger partial charge in [-0.1, -0.05) is 5.16 Å². The minimum Gasteiger partial charge on any atom is -0.530 e. The number of rotatable bonds is 5. The normalized spacial score (nSPS) is 22.7. The van der Waals surface area contributed by atoms with Crippen LogP contribution in [0, 0.1) is 0 Å². The molecule has 1 aromatic heterocycles. The number of nitrogens with zero attached hydrogens (tertiary/aromatic N) is 4. The second-order valence-electron chi connectivity index (χ2n) is 7.57. The average Bonchev–Trinajstić information content (AvgIpc) is 3.14. The lowest BCUT2D eigenvalue weighted by atomic mass is 9.87. The van der Waals surface area contributed by atoms with Crippen molar-refractivity contribution in [1.82, 2.24) is 19.5 Å². The lowest BCUT2D eigenvalue weighted by Crippen LogP contribution is -2.60. The van der Waals surface area contributed by atoms with E-state index in [1.54, 1.807) is 13.8 Å². The summed E-state index contributed by atoms with van der Waals surface area (Å²) in [4.78, 5) is 30.0. The highest BCUT2D eigenvalue weighted by molar-refractivity contribution is 5.89. The van der Waals surface area contributed by atoms with Gasteiger partial charge in [0.1, 0.15) is 11.8 Å². The number of hydrogen-bond acceptors (Lipinski definition) is 7. The van der Waals surface area contributed by atoms with Gasteiger partial charge in [-0.2, -0.15) is 4.98 Å². The van der Waals surface area contributed by atoms with Gasteiger partial charge >= 0.3 is 5.91 Å². The van der Waals surface area contributed by atoms with E-state index < -0.39 is 12.1 Å². The summed E-state index contributed by atoms with van der Waals surface area (Å²) in [5, 5.41) is 15.7. The van der Waals surface area contributed by atoms with Crippen molar-refractivity contribution < 1.29 is 19.2 Å². The number of fused-ring (bicyclic) bond motifs is 1. The number of carboxylic acid groups (broad SMARTS) is 1. The maximum atomic E-state index is 12.6. The molecule has 2 N–H and O–H groups in total. The molecule has 0 saturated heterocycles. The van der Waals surface area contributed by atoms with Crippen molar-refractivity contribution in [2.75, 3.05) is 20.1 Å². The van der Waals surface area contributed by atoms with Gasteiger partial charge < -0.3 is 25.1 Å². The Balaban J connectivity index is 0.00000320. The van der Waals surface area contributed by atoms with Crippen LogP contribution >= 0.6 is 12.4 Å². The van der Waals surface area contributed by atoms with Gasteiger partial charge in [-0.15, -0.1) is 12.4 Å². The first-order chi connectivity index (χ1) is 13.7. The summed E-state index contributed by atoms with van der Waals surface area (Å²) in [6.07, 6.45) is -0.235. The fraction of sp³-hybridized carbons (Fsp3) is 0.500. The van der Waals surface area contributed by atoms with Gasteiger partial charge in [-0.3, -0.25) is 0 Å². The predicted molar refractivity (Wildman–Crippen MR) is 113 cm³/mol. The van der Waals surface area contributed by atoms with E-state index in [-0.39, 0.29) is 35.4 Å². The van der Waals surface area contributed by atoms with Gasteiger partial charge in [0.05, 0.1) is 26.1 Å². The number of carbonyl (C=O) groups excluding carboxylic acids is 2. The van der Waals surface area contributed by atoms with Crippen LogP contribution in [0.3, 0.4) is 0 Å². The van der Waals surface area contributed by atoms with Crippen LogP contribution in [-0.2, 0) is 11.2 Å². The zero-order chi connectivity index (χ0) is 21.3. The van der Waals surface area contributed by atoms with Crippen LogP contribution in [0.15, 0.2) is 22.7 Å². The van der Waals surface area contributed by atoms with Crippen LogP contribution in [0.4, 0.5) is 10.5 Å². The van der Waals surface area contributed by atoms with Gasteiger partial charge in [0, 0.05) is 36.6 Å². The first kappa shape index (κ1) is 23.8. The number of benzene rings is 1. The monoisotopic (exact) mass is 437 g/mol. The third-order valence-electron chi connectivity index (χ3n) is 6.02. The minimum absolute atomic E-state index is 0. The Morgan fingerprint density at radius 3 is 2.67 bits per heavy atom. The highest BCUT2D eigenvalue weighted by Gasteiger charge is 2.47. The Bertz CT molecular complexity index is 934. The molecule has 9 nitrogen and oxygen atoms in total. The van der Waals surface area contributed by atoms with E-state index in [1.165, 1.54) is 4.90 Å². The van der Waals surface area contributed by atoms with Crippen LogP contribution < -0.4 is 15.3 Å². The Labute approximate surface area is 181 Å². The molecule has 2 aromatic rings. The summed E-state index contributed by atoms with van der Waals surface area (Å²) < 4.78 is 5.45. The largest absolute Gasteiger partial charge is 0.530 e. The molecule has 164 valence electrons. The minimum atomic E-state index is -1.23. The van der Waals surface area contributed by atoms with E-state index in [1.807, 2.05) is 32.2 Å². The molecule has 3 atom stereocenters. The molecule has 0 saturated carbocycles. The van der Waals surface area contributed by atoms with Crippen LogP contribution in [-0.4, -0.2) is 53.2 Å². The quantitative estimate of drug-likeness (QED) is 0.704. The molecule has 0 spiro atoms. The Kier molecular flexibility index (Phi) is 7.23. The van der Waals surface area contributed by atoms with Crippen molar-refractivity contribution in [2.24, 2.45) is 5.73 Å². The average molecular weight is 438 g/mol. The predicted octanol–water partition coefficient (Wildman–Crippen LogP) is 1.64. The molecule has 0 aliphatic carbocycles. The van der Waals surface area contributed by atoms with Gasteiger partial charge in [0.25, 0.3) is 5.89 Å². The zero-order valence-corrected chi connectivity index (χ0v) is 18.4. The lowest BCUT2D eigenvalue weighted by molar-refractivity contribution is -0.268. The van der Waals surface area contributed by atoms with E-state index in [4.69, 9.17) is 10.3 Å². The molecule has 3 rings (SSSR count). The second kappa shape index (κ2) is 9.11. The molecule has 2 amide bonds. The molecule has 1 aromatic carbocycles. The van der Waals surface area contributed by atoms with Crippen LogP contribution in [0.5, 0.6) is 0 Å². The van der Waals surface area contributed by atoms with Crippen molar-refractivity contribution in [1.29, 1.82) is 0 Å². The smallest absolute Gasteiger partial charge is 0.315 e. The summed E-state index contributed by atoms with van der Waals surface area (Å²) >= 11 is 0. The van der Waals surface area contributed by atoms with Gasteiger partial charge in [0.15, 0.2) is 5.82 Å². The molecule has 1 unspecified atom stereocenters. The van der Waals surface area contributed by atoms with Crippen molar-refractivity contribution in [3.8, 4) is 11.5 Å². The Morgan fingerprint density at radius 1 is 1.40 bits per heavy atom. The van der Waals surface area contributed by atoms with Gasteiger partial charge in [0.2, 0.25) is 0 Å². The van der Waals surface area contributed by atoms with Gasteiger partial charge in [-0.05, 0) is 32.5 Å². The highest BCUT2D eigenvalue weighted by atomic mass is 35.5. The van der Waals surface area contributed by atoms with Gasteiger partial charge in [-0.25, -0.2) is 9.28 Å². The fourth-order valence-corrected chi connectivity index (χ4v) is 4.13. The van der Waals surface area contributed by atoms with Crippen molar-refractivity contribution in [3.63, 3.8) is 0 Å². The summed E-state index contributed by atoms with van der Waals surface area (Å²) in [6, 6.07) is 5.00. The summed E-state index contributed by atoms with van der Waals surface area (Å²) in [5.41, 5.74) is 7.74. The van der Waals surface area contributed by atoms with Crippen LogP contribution in [0.1, 0.15) is 44.6 Å². The number of halogens is 1. The number of quaternary nitrogens is 1. The first-order valence-electron chi connectivity index (χ1n) is 9.76. The number of hydrogen-bond donors (Lipinski definition) is 1. The molecular weight excluding hydrogens is 410 g/mol. The molecule has 30 heavy (non-hydrogen) atoms. The summed E-state index contributed by atoms with van der Waals surface area (Å²) in [6.45, 7) is 5.99. The van der Waals surface area contributed by atoms with E-state index >= 15 is 0 Å². The maximum Gasteiger partial charge on any atom is 0.315 e. The number of nitrogens with two attached hydrogens (primary N) is 1. The maximum absolute atomic E-state index is 12.6. The second-order valence-corrected chi connectivity index (χ2v) is 7.57. The first-order valence-corrected chi connectivity index (χ1v) is 9.76. The van der Waals surface area contributed by atoms with E-state index in [2.05, 4.69) is 10.1 Å². The molecule has 0 bridgehead atoms. The third-order valence-corrected chi connectivity index (χ3v) is 6.02. The topological polar surface area (TPSA) is 125 Å². The van der Waals surface area contributed by atoms with E-state index in [0.29, 0.717) is 36.7 Å². The molecule has 1 aliphatic heterocycles. The number of amides is 2. The highest BCUT2D eigenvalue weighted by Crippen LogP contribution is 2.45. The molecule has 1 aliphatic rings. The van der Waals surface area contributed by atoms with Crippen molar-refractivity contribution in [2.45, 2.75) is 45.7 Å². The molecular formula is C20H28ClN5O4. The van der Waals surface area contributed by atoms with Crippen molar-refractivity contribution in [3.05, 3.63) is 29.6 Å². The molecule has 0 radical (unpaired) electrons. The van der Waals surface area contributed by atoms with E-state index in [9.17, 15) is 14.7 Å². The SMILES string of the molecule is CCN(C(=O)[O-])[C@@H]1C[C@H](C)[N+](C)(C(C)=O)c2ccc(-c3nc(CCN)no3)cc21.Cl. The zero-order valence-electron chi connectivity index (χ0n) is 17.6. The summed E-state index contributed by atoms with van der Waals surface area (Å²) in [7, 11) is 1.86. The molecule has 10 heteroatoms. The molecule has 2 heterocycles. The van der Waals surface area contributed by atoms with Crippen molar-refractivity contribution >= 4 is 30.1 Å². The fourth-order valence-electron chi connectivity index (χ4n) is 4.13. The van der Waals surface area contributed by atoms with Crippen LogP contribution in [0.2, 0.25) is 0 Å². The lowest BCUT2D eigenvalue weighted by Gasteiger charge is -2.46. The van der Waals surface area contributed by atoms with E-state index in [0.717, 1.165) is 11.3 Å². The Morgan fingerprint density at radius 2 is 2.10 bits per heavy atom. The summed E-state index contributed by atoms with van der Waals surface area (Å²) in [5.74, 6) is 0.839.